The van der Waals surface area contributed by atoms with Crippen LogP contribution in [0.25, 0.3) is 0 Å². The SMILES string of the molecule is CC/C=C\C/C=C\C/C=C\CCCCCCCC(=O)OC(CCCCCC)CCCCCCCCCCCCCCC(=O)O. The van der Waals surface area contributed by atoms with Crippen molar-refractivity contribution in [2.45, 2.75) is 206 Å². The molecular formula is C40H72O4. The van der Waals surface area contributed by atoms with E-state index in [0.717, 1.165) is 64.2 Å². The molecule has 0 aliphatic rings. The maximum atomic E-state index is 12.6. The zero-order valence-corrected chi connectivity index (χ0v) is 29.2. The molecule has 0 saturated carbocycles. The van der Waals surface area contributed by atoms with Gasteiger partial charge in [-0.2, -0.15) is 0 Å². The molecule has 0 rings (SSSR count). The summed E-state index contributed by atoms with van der Waals surface area (Å²) in [5.74, 6) is -0.649. The quantitative estimate of drug-likeness (QED) is 0.0444. The third kappa shape index (κ3) is 34.6. The normalized spacial score (nSPS) is 12.6. The number of carboxylic acids is 1. The number of carbonyl (C=O) groups excluding carboxylic acids is 1. The number of carboxylic acid groups (broad SMARTS) is 1. The number of aliphatic carboxylic acids is 1. The number of ether oxygens (including phenoxy) is 1. The summed E-state index contributed by atoms with van der Waals surface area (Å²) in [6.07, 6.45) is 46.1. The van der Waals surface area contributed by atoms with Gasteiger partial charge in [0.2, 0.25) is 0 Å². The van der Waals surface area contributed by atoms with Crippen LogP contribution in [-0.2, 0) is 14.3 Å². The first-order valence-electron chi connectivity index (χ1n) is 19.0. The van der Waals surface area contributed by atoms with E-state index in [1.54, 1.807) is 0 Å². The number of hydrogen-bond acceptors (Lipinski definition) is 3. The van der Waals surface area contributed by atoms with Gasteiger partial charge in [-0.05, 0) is 70.6 Å². The van der Waals surface area contributed by atoms with E-state index in [0.29, 0.717) is 12.8 Å². The lowest BCUT2D eigenvalue weighted by molar-refractivity contribution is -0.150. The van der Waals surface area contributed by atoms with E-state index < -0.39 is 5.97 Å². The van der Waals surface area contributed by atoms with Crippen molar-refractivity contribution in [3.8, 4) is 0 Å². The van der Waals surface area contributed by atoms with Crippen molar-refractivity contribution in [2.75, 3.05) is 0 Å². The van der Waals surface area contributed by atoms with Gasteiger partial charge in [0.05, 0.1) is 0 Å². The Balaban J connectivity index is 3.85. The number of hydrogen-bond donors (Lipinski definition) is 1. The van der Waals surface area contributed by atoms with Gasteiger partial charge in [-0.25, -0.2) is 0 Å². The minimum atomic E-state index is -0.671. The fourth-order valence-electron chi connectivity index (χ4n) is 5.61. The first-order chi connectivity index (χ1) is 21.6. The summed E-state index contributed by atoms with van der Waals surface area (Å²) < 4.78 is 5.98. The van der Waals surface area contributed by atoms with Crippen LogP contribution >= 0.6 is 0 Å². The van der Waals surface area contributed by atoms with Crippen LogP contribution in [0.2, 0.25) is 0 Å². The maximum absolute atomic E-state index is 12.6. The predicted molar refractivity (Wildman–Crippen MR) is 190 cm³/mol. The van der Waals surface area contributed by atoms with Crippen LogP contribution in [0.5, 0.6) is 0 Å². The molecule has 1 N–H and O–H groups in total. The first-order valence-corrected chi connectivity index (χ1v) is 19.0. The van der Waals surface area contributed by atoms with Crippen LogP contribution in [-0.4, -0.2) is 23.1 Å². The average Bonchev–Trinajstić information content (AvgIpc) is 3.01. The highest BCUT2D eigenvalue weighted by Gasteiger charge is 2.14. The van der Waals surface area contributed by atoms with Crippen LogP contribution in [0.15, 0.2) is 36.5 Å². The van der Waals surface area contributed by atoms with Gasteiger partial charge >= 0.3 is 11.9 Å². The molecule has 0 aromatic heterocycles. The standard InChI is InChI=1S/C40H72O4/c1-3-5-7-9-10-11-12-13-14-15-20-23-26-29-33-37-40(43)44-38(34-30-8-6-4-2)35-31-27-24-21-18-16-17-19-22-25-28-32-36-39(41)42/h5,7,10-11,13-14,38H,3-4,6,8-9,12,15-37H2,1-2H3,(H,41,42)/b7-5-,11-10-,14-13-. The van der Waals surface area contributed by atoms with Crippen LogP contribution in [0, 0.1) is 0 Å². The van der Waals surface area contributed by atoms with Crippen molar-refractivity contribution < 1.29 is 19.4 Å². The van der Waals surface area contributed by atoms with Crippen LogP contribution in [0.1, 0.15) is 200 Å². The highest BCUT2D eigenvalue weighted by molar-refractivity contribution is 5.69. The topological polar surface area (TPSA) is 63.6 Å². The molecule has 256 valence electrons. The van der Waals surface area contributed by atoms with Gasteiger partial charge in [0, 0.05) is 12.8 Å². The Kier molecular flexibility index (Phi) is 34.1. The zero-order valence-electron chi connectivity index (χ0n) is 29.2. The maximum Gasteiger partial charge on any atom is 0.306 e. The van der Waals surface area contributed by atoms with Crippen LogP contribution in [0.3, 0.4) is 0 Å². The monoisotopic (exact) mass is 617 g/mol. The van der Waals surface area contributed by atoms with Crippen molar-refractivity contribution in [2.24, 2.45) is 0 Å². The molecule has 0 amide bonds. The molecular weight excluding hydrogens is 544 g/mol. The molecule has 4 heteroatoms. The van der Waals surface area contributed by atoms with Crippen molar-refractivity contribution in [3.63, 3.8) is 0 Å². The van der Waals surface area contributed by atoms with Gasteiger partial charge in [-0.1, -0.05) is 153 Å². The van der Waals surface area contributed by atoms with Crippen molar-refractivity contribution in [3.05, 3.63) is 36.5 Å². The third-order valence-electron chi connectivity index (χ3n) is 8.38. The summed E-state index contributed by atoms with van der Waals surface area (Å²) >= 11 is 0. The highest BCUT2D eigenvalue weighted by Crippen LogP contribution is 2.18. The third-order valence-corrected chi connectivity index (χ3v) is 8.38. The van der Waals surface area contributed by atoms with Gasteiger partial charge in [0.25, 0.3) is 0 Å². The Morgan fingerprint density at radius 2 is 0.955 bits per heavy atom. The lowest BCUT2D eigenvalue weighted by atomic mass is 10.0. The number of unbranched alkanes of at least 4 members (excludes halogenated alkanes) is 19. The Morgan fingerprint density at radius 1 is 0.523 bits per heavy atom. The molecule has 4 nitrogen and oxygen atoms in total. The summed E-state index contributed by atoms with van der Waals surface area (Å²) in [5, 5.41) is 8.68. The molecule has 0 bridgehead atoms. The fraction of sp³-hybridized carbons (Fsp3) is 0.800. The van der Waals surface area contributed by atoms with E-state index >= 15 is 0 Å². The molecule has 0 saturated heterocycles. The molecule has 0 spiro atoms. The lowest BCUT2D eigenvalue weighted by Crippen LogP contribution is -2.18. The molecule has 0 aliphatic heterocycles. The molecule has 1 unspecified atom stereocenters. The number of rotatable bonds is 34. The Hall–Kier alpha value is -1.84. The van der Waals surface area contributed by atoms with Crippen molar-refractivity contribution in [1.29, 1.82) is 0 Å². The second-order valence-corrected chi connectivity index (χ2v) is 12.7. The molecule has 1 atom stereocenters. The van der Waals surface area contributed by atoms with E-state index in [1.807, 2.05) is 0 Å². The van der Waals surface area contributed by atoms with E-state index in [1.165, 1.54) is 109 Å². The first kappa shape index (κ1) is 42.2. The summed E-state index contributed by atoms with van der Waals surface area (Å²) in [7, 11) is 0. The summed E-state index contributed by atoms with van der Waals surface area (Å²) in [4.78, 5) is 23.1. The van der Waals surface area contributed by atoms with E-state index in [-0.39, 0.29) is 12.1 Å². The Morgan fingerprint density at radius 3 is 1.48 bits per heavy atom. The van der Waals surface area contributed by atoms with Gasteiger partial charge in [0.15, 0.2) is 0 Å². The molecule has 0 aliphatic carbocycles. The van der Waals surface area contributed by atoms with Crippen molar-refractivity contribution in [1.82, 2.24) is 0 Å². The molecule has 0 aromatic rings. The van der Waals surface area contributed by atoms with E-state index in [4.69, 9.17) is 9.84 Å². The zero-order chi connectivity index (χ0) is 32.2. The minimum absolute atomic E-state index is 0.0218. The molecule has 0 aromatic carbocycles. The number of allylic oxidation sites excluding steroid dienone is 6. The second kappa shape index (κ2) is 35.6. The lowest BCUT2D eigenvalue weighted by Gasteiger charge is -2.18. The van der Waals surface area contributed by atoms with Gasteiger partial charge < -0.3 is 9.84 Å². The smallest absolute Gasteiger partial charge is 0.306 e. The van der Waals surface area contributed by atoms with Gasteiger partial charge in [-0.15, -0.1) is 0 Å². The molecule has 0 heterocycles. The average molecular weight is 617 g/mol. The second-order valence-electron chi connectivity index (χ2n) is 12.7. The minimum Gasteiger partial charge on any atom is -0.481 e. The van der Waals surface area contributed by atoms with Gasteiger partial charge in [-0.3, -0.25) is 9.59 Å². The van der Waals surface area contributed by atoms with Gasteiger partial charge in [0.1, 0.15) is 6.10 Å². The highest BCUT2D eigenvalue weighted by atomic mass is 16.5. The predicted octanol–water partition coefficient (Wildman–Crippen LogP) is 13.0. The van der Waals surface area contributed by atoms with Crippen molar-refractivity contribution >= 4 is 11.9 Å². The fourth-order valence-corrected chi connectivity index (χ4v) is 5.61. The Labute approximate surface area is 273 Å². The summed E-state index contributed by atoms with van der Waals surface area (Å²) in [5.41, 5.74) is 0. The molecule has 0 radical (unpaired) electrons. The largest absolute Gasteiger partial charge is 0.481 e. The van der Waals surface area contributed by atoms with E-state index in [9.17, 15) is 9.59 Å². The molecule has 44 heavy (non-hydrogen) atoms. The number of carbonyl (C=O) groups is 2. The van der Waals surface area contributed by atoms with E-state index in [2.05, 4.69) is 50.3 Å². The van der Waals surface area contributed by atoms with Crippen LogP contribution < -0.4 is 0 Å². The Bertz CT molecular complexity index is 708. The molecule has 0 fully saturated rings. The summed E-state index contributed by atoms with van der Waals surface area (Å²) in [6.45, 7) is 4.41. The summed E-state index contributed by atoms with van der Waals surface area (Å²) in [6, 6.07) is 0. The number of esters is 1. The van der Waals surface area contributed by atoms with Crippen LogP contribution in [0.4, 0.5) is 0 Å².